The summed E-state index contributed by atoms with van der Waals surface area (Å²) in [5.74, 6) is -0.342. The van der Waals surface area contributed by atoms with Crippen LogP contribution in [-0.4, -0.2) is 81.0 Å². The molecule has 42 heavy (non-hydrogen) atoms. The Labute approximate surface area is 245 Å². The lowest BCUT2D eigenvalue weighted by Gasteiger charge is -2.24. The van der Waals surface area contributed by atoms with Crippen molar-refractivity contribution in [2.75, 3.05) is 19.6 Å². The number of non-ortho nitro benzene ring substituents is 2. The normalized spacial score (nSPS) is 20.0. The molecule has 3 amide bonds. The van der Waals surface area contributed by atoms with Crippen molar-refractivity contribution in [2.24, 2.45) is 4.99 Å². The number of amides is 3. The van der Waals surface area contributed by atoms with E-state index in [1.165, 1.54) is 59.8 Å². The first-order valence-electron chi connectivity index (χ1n) is 12.9. The number of nitrogens with one attached hydrogen (secondary N) is 1. The van der Waals surface area contributed by atoms with Gasteiger partial charge in [0.2, 0.25) is 5.91 Å². The first-order chi connectivity index (χ1) is 20.1. The molecule has 2 fully saturated rings. The largest absolute Gasteiger partial charge is 0.445 e. The second-order valence-corrected chi connectivity index (χ2v) is 10.5. The van der Waals surface area contributed by atoms with Gasteiger partial charge in [0.05, 0.1) is 16.2 Å². The molecule has 2 aliphatic rings. The molecule has 3 atom stereocenters. The van der Waals surface area contributed by atoms with Crippen LogP contribution in [0.3, 0.4) is 0 Å². The fourth-order valence-electron chi connectivity index (χ4n) is 4.54. The SMILES string of the molecule is O=C(N=CN1CC[C@@H](NC(=O)[C@@H]2C[C@H](S)CN2C(=O)OCc2ccc([N+](=O)[O-])cc2)C1)OCc1ccc([N+](=O)[O-])cc1. The second kappa shape index (κ2) is 13.8. The molecule has 0 saturated carbocycles. The van der Waals surface area contributed by atoms with Crippen LogP contribution < -0.4 is 5.32 Å². The minimum Gasteiger partial charge on any atom is -0.445 e. The maximum Gasteiger partial charge on any atom is 0.435 e. The lowest BCUT2D eigenvalue weighted by Crippen LogP contribution is -2.49. The first-order valence-corrected chi connectivity index (χ1v) is 13.4. The Balaban J connectivity index is 1.21. The molecule has 0 bridgehead atoms. The number of nitro groups is 2. The van der Waals surface area contributed by atoms with Crippen LogP contribution in [0.5, 0.6) is 0 Å². The fraction of sp³-hybridized carbons (Fsp3) is 0.385. The Kier molecular flexibility index (Phi) is 9.90. The number of thiol groups is 1. The van der Waals surface area contributed by atoms with Crippen molar-refractivity contribution in [3.63, 3.8) is 0 Å². The molecule has 2 heterocycles. The summed E-state index contributed by atoms with van der Waals surface area (Å²) in [4.78, 5) is 65.1. The lowest BCUT2D eigenvalue weighted by molar-refractivity contribution is -0.385. The summed E-state index contributed by atoms with van der Waals surface area (Å²) in [6.45, 7) is 0.961. The summed E-state index contributed by atoms with van der Waals surface area (Å²) < 4.78 is 10.4. The van der Waals surface area contributed by atoms with Gasteiger partial charge in [-0.2, -0.15) is 17.6 Å². The Hall–Kier alpha value is -4.73. The quantitative estimate of drug-likeness (QED) is 0.142. The third-order valence-corrected chi connectivity index (χ3v) is 7.10. The summed E-state index contributed by atoms with van der Waals surface area (Å²) in [7, 11) is 0. The van der Waals surface area contributed by atoms with E-state index in [2.05, 4.69) is 22.9 Å². The number of hydrogen-bond donors (Lipinski definition) is 2. The van der Waals surface area contributed by atoms with E-state index in [-0.39, 0.29) is 48.3 Å². The molecule has 1 N–H and O–H groups in total. The predicted molar refractivity (Wildman–Crippen MR) is 151 cm³/mol. The average Bonchev–Trinajstić information content (AvgIpc) is 3.60. The van der Waals surface area contributed by atoms with Crippen LogP contribution in [-0.2, 0) is 27.5 Å². The van der Waals surface area contributed by atoms with Crippen molar-refractivity contribution >= 4 is 48.4 Å². The van der Waals surface area contributed by atoms with Gasteiger partial charge in [-0.25, -0.2) is 9.59 Å². The molecule has 2 aliphatic heterocycles. The van der Waals surface area contributed by atoms with Crippen LogP contribution in [0.15, 0.2) is 53.5 Å². The highest BCUT2D eigenvalue weighted by Crippen LogP contribution is 2.24. The zero-order valence-corrected chi connectivity index (χ0v) is 23.1. The number of likely N-dealkylation sites (tertiary alicyclic amines) is 2. The van der Waals surface area contributed by atoms with E-state index < -0.39 is 28.1 Å². The number of aliphatic imine (C=N–C) groups is 1. The van der Waals surface area contributed by atoms with Crippen LogP contribution >= 0.6 is 12.6 Å². The van der Waals surface area contributed by atoms with Gasteiger partial charge in [0.25, 0.3) is 11.4 Å². The number of nitrogens with zero attached hydrogens (tertiary/aromatic N) is 5. The fourth-order valence-corrected chi connectivity index (χ4v) is 4.91. The van der Waals surface area contributed by atoms with Crippen LogP contribution in [0.25, 0.3) is 0 Å². The molecule has 2 aromatic rings. The highest BCUT2D eigenvalue weighted by atomic mass is 32.1. The maximum absolute atomic E-state index is 13.1. The Morgan fingerprint density at radius 3 is 2.10 bits per heavy atom. The van der Waals surface area contributed by atoms with E-state index in [1.54, 1.807) is 4.90 Å². The molecule has 0 aromatic heterocycles. The zero-order valence-electron chi connectivity index (χ0n) is 22.2. The minimum absolute atomic E-state index is 0.0653. The second-order valence-electron chi connectivity index (χ2n) is 9.75. The molecule has 0 spiro atoms. The Morgan fingerprint density at radius 1 is 0.952 bits per heavy atom. The van der Waals surface area contributed by atoms with Gasteiger partial charge in [-0.05, 0) is 48.2 Å². The zero-order chi connectivity index (χ0) is 30.2. The smallest absolute Gasteiger partial charge is 0.435 e. The predicted octanol–water partition coefficient (Wildman–Crippen LogP) is 3.07. The number of hydrogen-bond acceptors (Lipinski definition) is 10. The maximum atomic E-state index is 13.1. The third kappa shape index (κ3) is 8.15. The summed E-state index contributed by atoms with van der Waals surface area (Å²) >= 11 is 4.44. The summed E-state index contributed by atoms with van der Waals surface area (Å²) in [5, 5.41) is 24.2. The summed E-state index contributed by atoms with van der Waals surface area (Å²) in [6.07, 6.45) is 0.773. The molecular formula is C26H28N6O9S. The Bertz CT molecular complexity index is 1360. The standard InChI is InChI=1S/C26H28N6O9S/c33-24(23-11-22(42)13-30(23)26(35)41-15-18-3-7-21(8-4-18)32(38)39)28-19-9-10-29(12-19)16-27-25(34)40-14-17-1-5-20(6-2-17)31(36)37/h1-8,16,19,22-23,42H,9-15H2,(H,28,33)/t19-,22+,23+/m1/s1. The van der Waals surface area contributed by atoms with Crippen LogP contribution in [0, 0.1) is 20.2 Å². The van der Waals surface area contributed by atoms with Crippen molar-refractivity contribution in [1.82, 2.24) is 15.1 Å². The number of carbonyl (C=O) groups excluding carboxylic acids is 3. The molecule has 15 nitrogen and oxygen atoms in total. The van der Waals surface area contributed by atoms with E-state index in [0.717, 1.165) is 0 Å². The number of ether oxygens (including phenoxy) is 2. The monoisotopic (exact) mass is 600 g/mol. The molecule has 2 saturated heterocycles. The molecule has 4 rings (SSSR count). The van der Waals surface area contributed by atoms with Crippen LogP contribution in [0.2, 0.25) is 0 Å². The van der Waals surface area contributed by atoms with E-state index >= 15 is 0 Å². The van der Waals surface area contributed by atoms with Crippen LogP contribution in [0.1, 0.15) is 24.0 Å². The van der Waals surface area contributed by atoms with Crippen molar-refractivity contribution in [3.8, 4) is 0 Å². The van der Waals surface area contributed by atoms with Gasteiger partial charge in [0, 0.05) is 55.2 Å². The van der Waals surface area contributed by atoms with E-state index in [0.29, 0.717) is 37.1 Å². The van der Waals surface area contributed by atoms with Crippen LogP contribution in [0.4, 0.5) is 21.0 Å². The van der Waals surface area contributed by atoms with Gasteiger partial charge in [-0.1, -0.05) is 0 Å². The Morgan fingerprint density at radius 2 is 1.52 bits per heavy atom. The van der Waals surface area contributed by atoms with E-state index in [9.17, 15) is 34.6 Å². The van der Waals surface area contributed by atoms with Gasteiger partial charge in [-0.15, -0.1) is 0 Å². The highest BCUT2D eigenvalue weighted by Gasteiger charge is 2.40. The number of rotatable bonds is 9. The third-order valence-electron chi connectivity index (χ3n) is 6.73. The lowest BCUT2D eigenvalue weighted by atomic mass is 10.2. The van der Waals surface area contributed by atoms with E-state index in [4.69, 9.17) is 9.47 Å². The minimum atomic E-state index is -0.825. The van der Waals surface area contributed by atoms with Gasteiger partial charge >= 0.3 is 12.2 Å². The number of benzene rings is 2. The van der Waals surface area contributed by atoms with Crippen molar-refractivity contribution in [3.05, 3.63) is 79.9 Å². The van der Waals surface area contributed by atoms with Gasteiger partial charge in [0.15, 0.2) is 0 Å². The summed E-state index contributed by atoms with van der Waals surface area (Å²) in [5.41, 5.74) is 1.01. The van der Waals surface area contributed by atoms with Crippen molar-refractivity contribution in [1.29, 1.82) is 0 Å². The van der Waals surface area contributed by atoms with Gasteiger partial charge in [-0.3, -0.25) is 29.9 Å². The van der Waals surface area contributed by atoms with E-state index in [1.807, 2.05) is 0 Å². The molecule has 0 radical (unpaired) electrons. The van der Waals surface area contributed by atoms with Gasteiger partial charge in [0.1, 0.15) is 19.3 Å². The topological polar surface area (TPSA) is 187 Å². The molecule has 0 aliphatic carbocycles. The molecule has 0 unspecified atom stereocenters. The molecule has 222 valence electrons. The summed E-state index contributed by atoms with van der Waals surface area (Å²) in [6, 6.07) is 10.2. The first kappa shape index (κ1) is 30.2. The number of carbonyl (C=O) groups is 3. The average molecular weight is 601 g/mol. The van der Waals surface area contributed by atoms with Crippen molar-refractivity contribution in [2.45, 2.75) is 43.4 Å². The molecule has 16 heteroatoms. The number of nitro benzene ring substituents is 2. The molecular weight excluding hydrogens is 572 g/mol. The highest BCUT2D eigenvalue weighted by molar-refractivity contribution is 7.81. The van der Waals surface area contributed by atoms with Crippen molar-refractivity contribution < 1.29 is 33.7 Å². The van der Waals surface area contributed by atoms with Gasteiger partial charge < -0.3 is 19.7 Å². The molecule has 2 aromatic carbocycles.